The van der Waals surface area contributed by atoms with Crippen LogP contribution in [0.1, 0.15) is 32.1 Å². The number of hydrogen-bond acceptors (Lipinski definition) is 5. The number of esters is 1. The van der Waals surface area contributed by atoms with E-state index in [9.17, 15) is 9.59 Å². The maximum atomic E-state index is 12.6. The molecule has 0 spiro atoms. The molecule has 1 heterocycles. The number of hydrogen-bond donors (Lipinski definition) is 0. The van der Waals surface area contributed by atoms with E-state index in [1.54, 1.807) is 28.9 Å². The number of aromatic nitrogens is 3. The highest BCUT2D eigenvalue weighted by Gasteiger charge is 2.21. The smallest absolute Gasteiger partial charge is 0.378 e. The fourth-order valence-corrected chi connectivity index (χ4v) is 3.27. The Morgan fingerprint density at radius 1 is 0.938 bits per heavy atom. The minimum atomic E-state index is -0.771. The highest BCUT2D eigenvalue weighted by molar-refractivity contribution is 6.30. The molecule has 32 heavy (non-hydrogen) atoms. The van der Waals surface area contributed by atoms with Crippen molar-refractivity contribution in [3.8, 4) is 17.1 Å². The van der Waals surface area contributed by atoms with E-state index in [2.05, 4.69) is 10.1 Å². The number of Topliss-reactive ketones (excluding diaryl/α,β-unsaturated/α-hetero) is 1. The number of carbonyl (C=O) groups excluding carboxylic acids is 2. The molecule has 1 aromatic heterocycles. The first-order valence-corrected chi connectivity index (χ1v) is 10.4. The Balaban J connectivity index is 1.61. The summed E-state index contributed by atoms with van der Waals surface area (Å²) in [4.78, 5) is 29.4. The number of benzene rings is 3. The van der Waals surface area contributed by atoms with Crippen LogP contribution in [0.5, 0.6) is 0 Å². The van der Waals surface area contributed by atoms with Crippen LogP contribution >= 0.6 is 11.6 Å². The molecule has 0 aliphatic rings. The van der Waals surface area contributed by atoms with Gasteiger partial charge in [-0.05, 0) is 55.8 Å². The third-order valence-electron chi connectivity index (χ3n) is 4.85. The zero-order valence-electron chi connectivity index (χ0n) is 17.6. The van der Waals surface area contributed by atoms with Crippen molar-refractivity contribution in [2.24, 2.45) is 0 Å². The average Bonchev–Trinajstić information content (AvgIpc) is 3.24. The van der Waals surface area contributed by atoms with Gasteiger partial charge >= 0.3 is 5.97 Å². The lowest BCUT2D eigenvalue weighted by molar-refractivity contribution is 0.0462. The number of nitrogens with zero attached hydrogens (tertiary/aromatic N) is 3. The van der Waals surface area contributed by atoms with Crippen LogP contribution in [0.25, 0.3) is 17.1 Å². The fourth-order valence-electron chi connectivity index (χ4n) is 3.14. The number of aryl methyl sites for hydroxylation is 2. The van der Waals surface area contributed by atoms with Gasteiger partial charge in [0.1, 0.15) is 0 Å². The quantitative estimate of drug-likeness (QED) is 0.299. The van der Waals surface area contributed by atoms with Gasteiger partial charge in [0.25, 0.3) is 5.82 Å². The van der Waals surface area contributed by atoms with Crippen molar-refractivity contribution in [1.29, 1.82) is 0 Å². The van der Waals surface area contributed by atoms with E-state index in [0.717, 1.165) is 22.4 Å². The van der Waals surface area contributed by atoms with E-state index in [1.807, 2.05) is 62.4 Å². The predicted molar refractivity (Wildman–Crippen MR) is 122 cm³/mol. The first-order chi connectivity index (χ1) is 15.4. The Kier molecular flexibility index (Phi) is 6.14. The number of carbonyl (C=O) groups is 2. The third-order valence-corrected chi connectivity index (χ3v) is 5.10. The predicted octanol–water partition coefficient (Wildman–Crippen LogP) is 5.24. The topological polar surface area (TPSA) is 74.1 Å². The molecule has 0 aliphatic carbocycles. The van der Waals surface area contributed by atoms with Crippen LogP contribution in [-0.4, -0.2) is 33.1 Å². The van der Waals surface area contributed by atoms with Crippen molar-refractivity contribution in [3.63, 3.8) is 0 Å². The molecule has 0 fully saturated rings. The van der Waals surface area contributed by atoms with Crippen LogP contribution in [-0.2, 0) is 4.74 Å². The second-order valence-electron chi connectivity index (χ2n) is 7.38. The van der Waals surface area contributed by atoms with Crippen LogP contribution in [0.2, 0.25) is 5.02 Å². The molecule has 4 rings (SSSR count). The normalized spacial score (nSPS) is 10.7. The Bertz CT molecular complexity index is 1280. The first-order valence-electron chi connectivity index (χ1n) is 9.98. The fraction of sp³-hybridized carbons (Fsp3) is 0.120. The summed E-state index contributed by atoms with van der Waals surface area (Å²) in [7, 11) is 0. The minimum absolute atomic E-state index is 0.119. The van der Waals surface area contributed by atoms with Crippen molar-refractivity contribution in [2.45, 2.75) is 13.8 Å². The summed E-state index contributed by atoms with van der Waals surface area (Å²) in [5.74, 6) is -0.725. The second-order valence-corrected chi connectivity index (χ2v) is 7.82. The standard InChI is InChI=1S/C25H20ClN3O3/c1-16-6-8-19(9-7-16)24-27-23(28-29(24)21-5-3-4-17(2)14-21)25(31)32-15-22(30)18-10-12-20(26)13-11-18/h3-14H,15H2,1-2H3. The van der Waals surface area contributed by atoms with Gasteiger partial charge in [-0.3, -0.25) is 4.79 Å². The van der Waals surface area contributed by atoms with Crippen LogP contribution in [0, 0.1) is 13.8 Å². The monoisotopic (exact) mass is 445 g/mol. The molecule has 0 bridgehead atoms. The lowest BCUT2D eigenvalue weighted by atomic mass is 10.1. The Morgan fingerprint density at radius 3 is 2.34 bits per heavy atom. The molecule has 4 aromatic rings. The minimum Gasteiger partial charge on any atom is -0.451 e. The number of ether oxygens (including phenoxy) is 1. The van der Waals surface area contributed by atoms with Gasteiger partial charge in [0.05, 0.1) is 5.69 Å². The van der Waals surface area contributed by atoms with Gasteiger partial charge in [0.2, 0.25) is 0 Å². The maximum Gasteiger partial charge on any atom is 0.378 e. The van der Waals surface area contributed by atoms with Gasteiger partial charge in [-0.25, -0.2) is 14.5 Å². The molecule has 0 aliphatic heterocycles. The van der Waals surface area contributed by atoms with Gasteiger partial charge in [0.15, 0.2) is 18.2 Å². The van der Waals surface area contributed by atoms with Crippen molar-refractivity contribution >= 4 is 23.4 Å². The molecule has 160 valence electrons. The summed E-state index contributed by atoms with van der Waals surface area (Å²) >= 11 is 5.84. The van der Waals surface area contributed by atoms with Crippen LogP contribution in [0.4, 0.5) is 0 Å². The van der Waals surface area contributed by atoms with E-state index in [0.29, 0.717) is 16.4 Å². The van der Waals surface area contributed by atoms with Crippen LogP contribution < -0.4 is 0 Å². The second kappa shape index (κ2) is 9.16. The zero-order valence-corrected chi connectivity index (χ0v) is 18.3. The van der Waals surface area contributed by atoms with E-state index >= 15 is 0 Å². The van der Waals surface area contributed by atoms with Crippen molar-refractivity contribution in [3.05, 3.63) is 100 Å². The van der Waals surface area contributed by atoms with Gasteiger partial charge < -0.3 is 4.74 Å². The largest absolute Gasteiger partial charge is 0.451 e. The first kappa shape index (κ1) is 21.5. The summed E-state index contributed by atoms with van der Waals surface area (Å²) in [5.41, 5.74) is 4.13. The molecule has 3 aromatic carbocycles. The lowest BCUT2D eigenvalue weighted by Crippen LogP contribution is -2.15. The molecule has 0 atom stereocenters. The van der Waals surface area contributed by atoms with E-state index < -0.39 is 12.6 Å². The Hall–Kier alpha value is -3.77. The van der Waals surface area contributed by atoms with Crippen molar-refractivity contribution in [1.82, 2.24) is 14.8 Å². The number of halogens is 1. The van der Waals surface area contributed by atoms with Crippen LogP contribution in [0.15, 0.2) is 72.8 Å². The number of ketones is 1. The summed E-state index contributed by atoms with van der Waals surface area (Å²) in [6.07, 6.45) is 0. The molecular formula is C25H20ClN3O3. The lowest BCUT2D eigenvalue weighted by Gasteiger charge is -2.07. The zero-order chi connectivity index (χ0) is 22.7. The molecule has 7 heteroatoms. The molecule has 0 saturated heterocycles. The van der Waals surface area contributed by atoms with Crippen molar-refractivity contribution < 1.29 is 14.3 Å². The summed E-state index contributed by atoms with van der Waals surface area (Å²) in [5, 5.41) is 4.91. The van der Waals surface area contributed by atoms with Crippen LogP contribution in [0.3, 0.4) is 0 Å². The SMILES string of the molecule is Cc1ccc(-c2nc(C(=O)OCC(=O)c3ccc(Cl)cc3)nn2-c2cccc(C)c2)cc1. The maximum absolute atomic E-state index is 12.6. The summed E-state index contributed by atoms with van der Waals surface area (Å²) < 4.78 is 6.80. The average molecular weight is 446 g/mol. The van der Waals surface area contributed by atoms with E-state index in [-0.39, 0.29) is 11.6 Å². The number of rotatable bonds is 6. The molecule has 0 radical (unpaired) electrons. The molecular weight excluding hydrogens is 426 g/mol. The van der Waals surface area contributed by atoms with Gasteiger partial charge in [-0.2, -0.15) is 0 Å². The van der Waals surface area contributed by atoms with Gasteiger partial charge in [-0.15, -0.1) is 5.10 Å². The highest BCUT2D eigenvalue weighted by Crippen LogP contribution is 2.22. The summed E-state index contributed by atoms with van der Waals surface area (Å²) in [6.45, 7) is 3.55. The van der Waals surface area contributed by atoms with E-state index in [1.165, 1.54) is 0 Å². The van der Waals surface area contributed by atoms with Gasteiger partial charge in [0, 0.05) is 16.1 Å². The molecule has 0 saturated carbocycles. The Morgan fingerprint density at radius 2 is 1.66 bits per heavy atom. The van der Waals surface area contributed by atoms with Gasteiger partial charge in [-0.1, -0.05) is 53.6 Å². The summed E-state index contributed by atoms with van der Waals surface area (Å²) in [6, 6.07) is 21.9. The molecule has 6 nitrogen and oxygen atoms in total. The highest BCUT2D eigenvalue weighted by atomic mass is 35.5. The molecule has 0 amide bonds. The third kappa shape index (κ3) is 4.76. The molecule has 0 unspecified atom stereocenters. The molecule has 0 N–H and O–H groups in total. The van der Waals surface area contributed by atoms with Crippen molar-refractivity contribution in [2.75, 3.05) is 6.61 Å². The Labute approximate surface area is 190 Å². The van der Waals surface area contributed by atoms with E-state index in [4.69, 9.17) is 16.3 Å².